The van der Waals surface area contributed by atoms with Gasteiger partial charge in [0.1, 0.15) is 16.8 Å². The van der Waals surface area contributed by atoms with Gasteiger partial charge < -0.3 is 4.74 Å². The van der Waals surface area contributed by atoms with E-state index in [2.05, 4.69) is 0 Å². The molecule has 0 atom stereocenters. The molecular weight excluding hydrogens is 294 g/mol. The Morgan fingerprint density at radius 3 is 2.25 bits per heavy atom. The SMILES string of the molecule is O=Cc1c(Cl)cc(OCC=C(Cl)Cl)cc1Cl. The molecule has 1 aromatic rings. The summed E-state index contributed by atoms with van der Waals surface area (Å²) in [4.78, 5) is 10.6. The van der Waals surface area contributed by atoms with Crippen molar-refractivity contribution in [2.24, 2.45) is 0 Å². The lowest BCUT2D eigenvalue weighted by atomic mass is 10.2. The minimum Gasteiger partial charge on any atom is -0.489 e. The van der Waals surface area contributed by atoms with Gasteiger partial charge in [0.05, 0.1) is 15.6 Å². The van der Waals surface area contributed by atoms with Crippen molar-refractivity contribution in [3.63, 3.8) is 0 Å². The maximum absolute atomic E-state index is 10.6. The van der Waals surface area contributed by atoms with Gasteiger partial charge in [0, 0.05) is 0 Å². The minimum absolute atomic E-state index is 0.113. The number of hydrogen-bond acceptors (Lipinski definition) is 2. The second-order valence-corrected chi connectivity index (χ2v) is 4.55. The van der Waals surface area contributed by atoms with Crippen molar-refractivity contribution < 1.29 is 9.53 Å². The van der Waals surface area contributed by atoms with Gasteiger partial charge in [0.15, 0.2) is 6.29 Å². The molecule has 0 aromatic heterocycles. The highest BCUT2D eigenvalue weighted by atomic mass is 35.5. The van der Waals surface area contributed by atoms with Crippen LogP contribution >= 0.6 is 46.4 Å². The maximum atomic E-state index is 10.6. The molecule has 1 rings (SSSR count). The second kappa shape index (κ2) is 6.36. The smallest absolute Gasteiger partial charge is 0.153 e. The average molecular weight is 300 g/mol. The van der Waals surface area contributed by atoms with Crippen LogP contribution in [0.5, 0.6) is 5.75 Å². The molecular formula is C10H6Cl4O2. The number of halogens is 4. The minimum atomic E-state index is 0.113. The third-order valence-corrected chi connectivity index (χ3v) is 2.59. The first-order valence-electron chi connectivity index (χ1n) is 4.12. The summed E-state index contributed by atoms with van der Waals surface area (Å²) >= 11 is 22.4. The highest BCUT2D eigenvalue weighted by molar-refractivity contribution is 6.55. The Morgan fingerprint density at radius 1 is 1.25 bits per heavy atom. The zero-order chi connectivity index (χ0) is 12.1. The number of rotatable bonds is 4. The predicted molar refractivity (Wildman–Crippen MR) is 67.1 cm³/mol. The standard InChI is InChI=1S/C10H6Cl4O2/c11-8-3-6(16-2-1-10(13)14)4-9(12)7(8)5-15/h1,3-5H,2H2. The van der Waals surface area contributed by atoms with Gasteiger partial charge in [-0.25, -0.2) is 0 Å². The summed E-state index contributed by atoms with van der Waals surface area (Å²) in [7, 11) is 0. The van der Waals surface area contributed by atoms with Crippen LogP contribution in [0.15, 0.2) is 22.7 Å². The highest BCUT2D eigenvalue weighted by Crippen LogP contribution is 2.29. The van der Waals surface area contributed by atoms with Crippen molar-refractivity contribution in [2.75, 3.05) is 6.61 Å². The molecule has 0 fully saturated rings. The lowest BCUT2D eigenvalue weighted by molar-refractivity contribution is 0.112. The molecule has 0 saturated carbocycles. The summed E-state index contributed by atoms with van der Waals surface area (Å²) < 4.78 is 5.36. The van der Waals surface area contributed by atoms with Crippen LogP contribution < -0.4 is 4.74 Å². The third-order valence-electron chi connectivity index (χ3n) is 1.66. The summed E-state index contributed by atoms with van der Waals surface area (Å²) in [6.45, 7) is 0.190. The Kier molecular flexibility index (Phi) is 5.42. The molecule has 0 aliphatic carbocycles. The van der Waals surface area contributed by atoms with Gasteiger partial charge in [0.2, 0.25) is 0 Å². The highest BCUT2D eigenvalue weighted by Gasteiger charge is 2.07. The van der Waals surface area contributed by atoms with Crippen LogP contribution in [-0.2, 0) is 0 Å². The maximum Gasteiger partial charge on any atom is 0.153 e. The lowest BCUT2D eigenvalue weighted by Crippen LogP contribution is -1.95. The fourth-order valence-corrected chi connectivity index (χ4v) is 1.64. The van der Waals surface area contributed by atoms with Crippen LogP contribution in [0.4, 0.5) is 0 Å². The van der Waals surface area contributed by atoms with E-state index in [9.17, 15) is 4.79 Å². The Labute approximate surface area is 113 Å². The van der Waals surface area contributed by atoms with Crippen LogP contribution in [0, 0.1) is 0 Å². The molecule has 6 heteroatoms. The molecule has 0 saturated heterocycles. The van der Waals surface area contributed by atoms with Gasteiger partial charge in [-0.05, 0) is 18.2 Å². The Morgan fingerprint density at radius 2 is 1.81 bits per heavy atom. The van der Waals surface area contributed by atoms with E-state index in [0.717, 1.165) is 0 Å². The summed E-state index contributed by atoms with van der Waals surface area (Å²) in [6.07, 6.45) is 2.06. The normalized spacial score (nSPS) is 9.75. The fourth-order valence-electron chi connectivity index (χ4n) is 0.958. The first-order valence-corrected chi connectivity index (χ1v) is 5.64. The first kappa shape index (κ1) is 13.7. The number of hydrogen-bond donors (Lipinski definition) is 0. The molecule has 0 aliphatic heterocycles. The van der Waals surface area contributed by atoms with E-state index >= 15 is 0 Å². The van der Waals surface area contributed by atoms with E-state index in [-0.39, 0.29) is 26.7 Å². The van der Waals surface area contributed by atoms with Crippen molar-refractivity contribution in [3.8, 4) is 5.75 Å². The van der Waals surface area contributed by atoms with E-state index in [1.54, 1.807) is 0 Å². The van der Waals surface area contributed by atoms with Gasteiger partial charge in [-0.1, -0.05) is 46.4 Å². The monoisotopic (exact) mass is 298 g/mol. The Bertz CT molecular complexity index is 402. The van der Waals surface area contributed by atoms with Gasteiger partial charge in [0.25, 0.3) is 0 Å². The quantitative estimate of drug-likeness (QED) is 0.765. The molecule has 0 spiro atoms. The van der Waals surface area contributed by atoms with Crippen LogP contribution in [0.3, 0.4) is 0 Å². The molecule has 0 unspecified atom stereocenters. The number of carbonyl (C=O) groups excluding carboxylic acids is 1. The topological polar surface area (TPSA) is 26.3 Å². The van der Waals surface area contributed by atoms with Crippen molar-refractivity contribution in [1.82, 2.24) is 0 Å². The largest absolute Gasteiger partial charge is 0.489 e. The van der Waals surface area contributed by atoms with Gasteiger partial charge in [-0.2, -0.15) is 0 Å². The number of aldehydes is 1. The number of ether oxygens (including phenoxy) is 1. The molecule has 0 bridgehead atoms. The van der Waals surface area contributed by atoms with Crippen molar-refractivity contribution in [2.45, 2.75) is 0 Å². The van der Waals surface area contributed by atoms with Crippen molar-refractivity contribution in [3.05, 3.63) is 38.3 Å². The third kappa shape index (κ3) is 3.87. The van der Waals surface area contributed by atoms with Crippen LogP contribution in [0.25, 0.3) is 0 Å². The number of carbonyl (C=O) groups is 1. The average Bonchev–Trinajstić information content (AvgIpc) is 2.16. The summed E-state index contributed by atoms with van der Waals surface area (Å²) in [5.74, 6) is 0.437. The van der Waals surface area contributed by atoms with Crippen LogP contribution in [0.1, 0.15) is 10.4 Å². The van der Waals surface area contributed by atoms with Gasteiger partial charge in [-0.15, -0.1) is 0 Å². The first-order chi connectivity index (χ1) is 7.54. The fraction of sp³-hybridized carbons (Fsp3) is 0.100. The van der Waals surface area contributed by atoms with E-state index < -0.39 is 0 Å². The molecule has 0 amide bonds. The lowest BCUT2D eigenvalue weighted by Gasteiger charge is -2.06. The Balaban J connectivity index is 2.84. The predicted octanol–water partition coefficient (Wildman–Crippen LogP) is 4.50. The summed E-state index contributed by atoms with van der Waals surface area (Å²) in [5, 5.41) is 0.469. The van der Waals surface area contributed by atoms with E-state index in [1.807, 2.05) is 0 Å². The molecule has 2 nitrogen and oxygen atoms in total. The van der Waals surface area contributed by atoms with E-state index in [1.165, 1.54) is 18.2 Å². The molecule has 0 radical (unpaired) electrons. The Hall–Kier alpha value is -0.410. The molecule has 1 aromatic carbocycles. The zero-order valence-electron chi connectivity index (χ0n) is 7.84. The van der Waals surface area contributed by atoms with Crippen molar-refractivity contribution >= 4 is 52.7 Å². The van der Waals surface area contributed by atoms with E-state index in [0.29, 0.717) is 12.0 Å². The summed E-state index contributed by atoms with van der Waals surface area (Å²) in [6, 6.07) is 2.99. The molecule has 0 aliphatic rings. The van der Waals surface area contributed by atoms with Crippen LogP contribution in [0.2, 0.25) is 10.0 Å². The molecule has 16 heavy (non-hydrogen) atoms. The molecule has 0 heterocycles. The number of benzene rings is 1. The second-order valence-electron chi connectivity index (χ2n) is 2.72. The van der Waals surface area contributed by atoms with Crippen molar-refractivity contribution in [1.29, 1.82) is 0 Å². The van der Waals surface area contributed by atoms with Gasteiger partial charge >= 0.3 is 0 Å². The van der Waals surface area contributed by atoms with Gasteiger partial charge in [-0.3, -0.25) is 4.79 Å². The molecule has 0 N–H and O–H groups in total. The molecule has 86 valence electrons. The van der Waals surface area contributed by atoms with E-state index in [4.69, 9.17) is 51.1 Å². The summed E-state index contributed by atoms with van der Waals surface area (Å²) in [5.41, 5.74) is 0.238. The zero-order valence-corrected chi connectivity index (χ0v) is 10.9. The van der Waals surface area contributed by atoms with Crippen LogP contribution in [-0.4, -0.2) is 12.9 Å².